The van der Waals surface area contributed by atoms with E-state index in [0.717, 1.165) is 5.56 Å². The number of fused-ring (bicyclic) bond motifs is 6. The number of phenols is 1. The molecule has 38 heavy (non-hydrogen) atoms. The van der Waals surface area contributed by atoms with Crippen molar-refractivity contribution in [2.24, 2.45) is 29.1 Å². The van der Waals surface area contributed by atoms with Gasteiger partial charge in [-0.05, 0) is 67.2 Å². The number of carbonyl (C=O) groups is 2. The van der Waals surface area contributed by atoms with E-state index < -0.39 is 87.3 Å². The molecule has 3 saturated carbocycles. The van der Waals surface area contributed by atoms with Gasteiger partial charge in [0.25, 0.3) is 0 Å². The van der Waals surface area contributed by atoms with Crippen LogP contribution in [-0.4, -0.2) is 73.3 Å². The molecule has 4 aliphatic heterocycles. The Balaban J connectivity index is 1.39. The number of hydrogen-bond acceptors (Lipinski definition) is 10. The van der Waals surface area contributed by atoms with Crippen molar-refractivity contribution < 1.29 is 49.0 Å². The minimum Gasteiger partial charge on any atom is -0.508 e. The normalized spacial score (nSPS) is 59.7. The van der Waals surface area contributed by atoms with Gasteiger partial charge in [-0.2, -0.15) is 0 Å². The summed E-state index contributed by atoms with van der Waals surface area (Å²) in [6, 6.07) is 3.33. The van der Waals surface area contributed by atoms with Crippen LogP contribution in [0.5, 0.6) is 5.75 Å². The van der Waals surface area contributed by atoms with Gasteiger partial charge in [0, 0.05) is 17.8 Å². The maximum absolute atomic E-state index is 13.7. The molecule has 1 aromatic carbocycles. The van der Waals surface area contributed by atoms with Crippen molar-refractivity contribution in [3.8, 4) is 5.75 Å². The van der Waals surface area contributed by atoms with Crippen LogP contribution in [0.15, 0.2) is 12.1 Å². The summed E-state index contributed by atoms with van der Waals surface area (Å²) in [5, 5.41) is 47.4. The average molecular weight is 527 g/mol. The van der Waals surface area contributed by atoms with Gasteiger partial charge < -0.3 is 39.4 Å². The standard InChI is InChI=1S/C28H30O10/c1-10-15(29)5-4-11-18(10)16(30)6-12-19(11)13-7-25(33)22(32)37-24(3)17-8-23(2)14(20(31)36-17)9-35-28(12)26(13,34)21(23)27(24,25)38-28/h4-5,12-14,16-17,19,21,29-30,33-34H,6-9H2,1-3H3/t12-,13?,14+,16-,17-,19-,21-,23-,24+,25?,26-,27+,28+/m1/s1. The second kappa shape index (κ2) is 5.78. The van der Waals surface area contributed by atoms with Crippen LogP contribution in [0.25, 0.3) is 0 Å². The van der Waals surface area contributed by atoms with E-state index in [1.54, 1.807) is 26.0 Å². The van der Waals surface area contributed by atoms with E-state index in [2.05, 4.69) is 0 Å². The first-order chi connectivity index (χ1) is 17.8. The lowest BCUT2D eigenvalue weighted by Crippen LogP contribution is -2.82. The van der Waals surface area contributed by atoms with E-state index >= 15 is 0 Å². The molecule has 10 heteroatoms. The smallest absolute Gasteiger partial charge is 0.342 e. The fourth-order valence-corrected chi connectivity index (χ4v) is 11.2. The topological polar surface area (TPSA) is 152 Å². The third-order valence-corrected chi connectivity index (χ3v) is 12.5. The third kappa shape index (κ3) is 1.73. The van der Waals surface area contributed by atoms with Gasteiger partial charge in [-0.15, -0.1) is 0 Å². The molecule has 4 aliphatic carbocycles. The monoisotopic (exact) mass is 526 g/mol. The highest BCUT2D eigenvalue weighted by atomic mass is 16.8. The number of ether oxygens (including phenoxy) is 4. The molecule has 202 valence electrons. The van der Waals surface area contributed by atoms with E-state index in [1.807, 2.05) is 6.92 Å². The Hall–Kier alpha value is -2.24. The van der Waals surface area contributed by atoms with Gasteiger partial charge in [-0.3, -0.25) is 4.79 Å². The predicted molar refractivity (Wildman–Crippen MR) is 123 cm³/mol. The second-order valence-corrected chi connectivity index (χ2v) is 13.5. The Kier molecular flexibility index (Phi) is 3.43. The van der Waals surface area contributed by atoms with Gasteiger partial charge in [0.05, 0.1) is 18.6 Å². The molecule has 8 aliphatic rings. The maximum Gasteiger partial charge on any atom is 0.342 e. The molecule has 0 aromatic heterocycles. The zero-order valence-corrected chi connectivity index (χ0v) is 21.3. The molecule has 9 rings (SSSR count). The summed E-state index contributed by atoms with van der Waals surface area (Å²) in [5.41, 5.74) is -6.05. The highest BCUT2D eigenvalue weighted by Crippen LogP contribution is 2.85. The number of carbonyl (C=O) groups excluding carboxylic acids is 2. The number of hydrogen-bond donors (Lipinski definition) is 4. The van der Waals surface area contributed by atoms with Gasteiger partial charge in [0.2, 0.25) is 5.79 Å². The van der Waals surface area contributed by atoms with Crippen molar-refractivity contribution in [1.82, 2.24) is 0 Å². The molecular weight excluding hydrogens is 496 g/mol. The molecule has 4 saturated heterocycles. The van der Waals surface area contributed by atoms with E-state index in [0.29, 0.717) is 17.5 Å². The first-order valence-corrected chi connectivity index (χ1v) is 13.5. The van der Waals surface area contributed by atoms with Crippen LogP contribution in [0.2, 0.25) is 0 Å². The second-order valence-electron chi connectivity index (χ2n) is 13.5. The van der Waals surface area contributed by atoms with E-state index in [4.69, 9.17) is 18.9 Å². The first kappa shape index (κ1) is 22.6. The molecule has 6 bridgehead atoms. The summed E-state index contributed by atoms with van der Waals surface area (Å²) in [4.78, 5) is 27.1. The fourth-order valence-electron chi connectivity index (χ4n) is 11.2. The summed E-state index contributed by atoms with van der Waals surface area (Å²) in [6.07, 6.45) is -1.42. The fraction of sp³-hybridized carbons (Fsp3) is 0.714. The van der Waals surface area contributed by atoms with Crippen molar-refractivity contribution in [1.29, 1.82) is 0 Å². The molecule has 0 amide bonds. The zero-order valence-electron chi connectivity index (χ0n) is 21.3. The number of aliphatic hydroxyl groups is 3. The van der Waals surface area contributed by atoms with E-state index in [-0.39, 0.29) is 25.2 Å². The maximum atomic E-state index is 13.7. The number of benzene rings is 1. The third-order valence-electron chi connectivity index (χ3n) is 12.5. The van der Waals surface area contributed by atoms with Gasteiger partial charge in [0.15, 0.2) is 16.8 Å². The molecule has 10 nitrogen and oxygen atoms in total. The van der Waals surface area contributed by atoms with Crippen molar-refractivity contribution in [3.63, 3.8) is 0 Å². The van der Waals surface area contributed by atoms with Crippen LogP contribution in [0.1, 0.15) is 61.8 Å². The van der Waals surface area contributed by atoms with Crippen LogP contribution < -0.4 is 0 Å². The van der Waals surface area contributed by atoms with Crippen molar-refractivity contribution in [2.45, 2.75) is 86.4 Å². The Morgan fingerprint density at radius 1 is 1.08 bits per heavy atom. The van der Waals surface area contributed by atoms with Crippen molar-refractivity contribution in [2.75, 3.05) is 6.61 Å². The van der Waals surface area contributed by atoms with Crippen LogP contribution >= 0.6 is 0 Å². The predicted octanol–water partition coefficient (Wildman–Crippen LogP) is 0.712. The minimum atomic E-state index is -2.10. The molecule has 4 N–H and O–H groups in total. The molecule has 1 spiro atoms. The van der Waals surface area contributed by atoms with Crippen LogP contribution in [-0.2, 0) is 28.5 Å². The quantitative estimate of drug-likeness (QED) is 0.356. The lowest BCUT2D eigenvalue weighted by molar-refractivity contribution is -0.370. The molecule has 7 fully saturated rings. The summed E-state index contributed by atoms with van der Waals surface area (Å²) in [5.74, 6) is -6.21. The average Bonchev–Trinajstić information content (AvgIpc) is 3.22. The molecular formula is C28H30O10. The molecule has 2 unspecified atom stereocenters. The number of phenolic OH excluding ortho intramolecular Hbond substituents is 1. The minimum absolute atomic E-state index is 0.0472. The van der Waals surface area contributed by atoms with Gasteiger partial charge in [-0.25, -0.2) is 4.79 Å². The Morgan fingerprint density at radius 3 is 2.61 bits per heavy atom. The van der Waals surface area contributed by atoms with Crippen molar-refractivity contribution >= 4 is 11.9 Å². The van der Waals surface area contributed by atoms with Crippen LogP contribution in [0.3, 0.4) is 0 Å². The largest absolute Gasteiger partial charge is 0.508 e. The SMILES string of the molecule is Cc1c(O)ccc2c1[C@H](O)C[C@@H]1[C@@H]2C2CC3(O)C(=O)O[C@@]4(C)[C@H]5C[C@@]6(C)[C@@H]7[C@@]2(O)[C@@]1(OC[C@H]6C(=O)O5)O[C@]734. The number of aromatic hydroxyl groups is 1. The lowest BCUT2D eigenvalue weighted by Gasteiger charge is -2.66. The molecule has 1 aromatic rings. The van der Waals surface area contributed by atoms with Crippen LogP contribution in [0, 0.1) is 36.0 Å². The lowest BCUT2D eigenvalue weighted by atomic mass is 9.40. The Labute approximate surface area is 217 Å². The zero-order chi connectivity index (χ0) is 26.6. The number of aliphatic hydroxyl groups excluding tert-OH is 1. The number of rotatable bonds is 0. The van der Waals surface area contributed by atoms with Gasteiger partial charge >= 0.3 is 11.9 Å². The molecule has 13 atom stereocenters. The molecule has 0 radical (unpaired) electrons. The van der Waals surface area contributed by atoms with Crippen molar-refractivity contribution in [3.05, 3.63) is 28.8 Å². The Bertz CT molecular complexity index is 1410. The summed E-state index contributed by atoms with van der Waals surface area (Å²) in [7, 11) is 0. The summed E-state index contributed by atoms with van der Waals surface area (Å²) >= 11 is 0. The van der Waals surface area contributed by atoms with Gasteiger partial charge in [-0.1, -0.05) is 13.0 Å². The highest BCUT2D eigenvalue weighted by molar-refractivity contribution is 5.88. The number of esters is 2. The summed E-state index contributed by atoms with van der Waals surface area (Å²) < 4.78 is 25.4. The van der Waals surface area contributed by atoms with E-state index in [1.165, 1.54) is 0 Å². The highest BCUT2D eigenvalue weighted by Gasteiger charge is 3.00. The van der Waals surface area contributed by atoms with E-state index in [9.17, 15) is 30.0 Å². The molecule has 4 heterocycles. The first-order valence-electron chi connectivity index (χ1n) is 13.5. The Morgan fingerprint density at radius 2 is 1.84 bits per heavy atom. The van der Waals surface area contributed by atoms with Crippen LogP contribution in [0.4, 0.5) is 0 Å². The van der Waals surface area contributed by atoms with Gasteiger partial charge in [0.1, 0.15) is 17.5 Å². The summed E-state index contributed by atoms with van der Waals surface area (Å²) in [6.45, 7) is 5.26.